The lowest BCUT2D eigenvalue weighted by molar-refractivity contribution is -0.137. The van der Waals surface area contributed by atoms with Crippen LogP contribution in [0.4, 0.5) is 18.9 Å². The lowest BCUT2D eigenvalue weighted by Crippen LogP contribution is -2.14. The predicted octanol–water partition coefficient (Wildman–Crippen LogP) is 5.59. The molecule has 0 atom stereocenters. The molecule has 0 aliphatic carbocycles. The molecule has 8 heteroatoms. The van der Waals surface area contributed by atoms with Crippen molar-refractivity contribution < 1.29 is 17.9 Å². The van der Waals surface area contributed by atoms with E-state index >= 15 is 0 Å². The molecule has 0 radical (unpaired) electrons. The molecule has 4 nitrogen and oxygen atoms in total. The van der Waals surface area contributed by atoms with E-state index < -0.39 is 11.7 Å². The highest BCUT2D eigenvalue weighted by molar-refractivity contribution is 14.1. The third kappa shape index (κ3) is 5.73. The molecule has 146 valence electrons. The van der Waals surface area contributed by atoms with E-state index in [9.17, 15) is 13.2 Å². The largest absolute Gasteiger partial charge is 0.489 e. The summed E-state index contributed by atoms with van der Waals surface area (Å²) in [6.07, 6.45) is -4.39. The quantitative estimate of drug-likeness (QED) is 0.431. The Morgan fingerprint density at radius 1 is 1.18 bits per heavy atom. The van der Waals surface area contributed by atoms with Gasteiger partial charge >= 0.3 is 6.18 Å². The Balaban J connectivity index is 2.16. The maximum absolute atomic E-state index is 12.6. The fourth-order valence-corrected chi connectivity index (χ4v) is 2.94. The van der Waals surface area contributed by atoms with Crippen molar-refractivity contribution in [3.63, 3.8) is 0 Å². The summed E-state index contributed by atoms with van der Waals surface area (Å²) in [4.78, 5) is 4.51. The third-order valence-corrected chi connectivity index (χ3v) is 4.74. The number of hydrogen-bond acceptors (Lipinski definition) is 4. The average Bonchev–Trinajstić information content (AvgIpc) is 2.61. The van der Waals surface area contributed by atoms with E-state index in [-0.39, 0.29) is 6.61 Å². The number of halogens is 4. The third-order valence-electron chi connectivity index (χ3n) is 3.85. The van der Waals surface area contributed by atoms with Crippen molar-refractivity contribution in [1.82, 2.24) is 0 Å². The minimum absolute atomic E-state index is 0.0659. The van der Waals surface area contributed by atoms with E-state index in [0.29, 0.717) is 34.0 Å². The Labute approximate surface area is 174 Å². The van der Waals surface area contributed by atoms with Gasteiger partial charge < -0.3 is 10.5 Å². The van der Waals surface area contributed by atoms with Crippen molar-refractivity contribution in [3.8, 4) is 11.8 Å². The normalized spacial score (nSPS) is 13.0. The molecular formula is C20H17F3IN3O. The van der Waals surface area contributed by atoms with E-state index in [1.54, 1.807) is 32.0 Å². The van der Waals surface area contributed by atoms with Gasteiger partial charge in [0.15, 0.2) is 0 Å². The summed E-state index contributed by atoms with van der Waals surface area (Å²) in [5, 5.41) is 9.00. The van der Waals surface area contributed by atoms with Crippen LogP contribution in [0.5, 0.6) is 5.75 Å². The topological polar surface area (TPSA) is 71.4 Å². The average molecular weight is 499 g/mol. The molecule has 0 aliphatic rings. The number of ether oxygens (including phenoxy) is 1. The zero-order chi connectivity index (χ0) is 20.9. The van der Waals surface area contributed by atoms with Crippen LogP contribution in [0.1, 0.15) is 25.0 Å². The Bertz CT molecular complexity index is 954. The number of allylic oxidation sites excluding steroid dienone is 1. The van der Waals surface area contributed by atoms with E-state index in [0.717, 1.165) is 15.7 Å². The number of nitrogens with zero attached hydrogens (tertiary/aromatic N) is 2. The molecule has 0 aromatic heterocycles. The molecule has 0 spiro atoms. The molecule has 0 unspecified atom stereocenters. The van der Waals surface area contributed by atoms with Crippen molar-refractivity contribution in [2.75, 3.05) is 6.61 Å². The number of aliphatic imine (C=N–C) groups is 1. The van der Waals surface area contributed by atoms with Gasteiger partial charge in [-0.2, -0.15) is 18.4 Å². The van der Waals surface area contributed by atoms with Crippen molar-refractivity contribution in [1.29, 1.82) is 5.26 Å². The highest BCUT2D eigenvalue weighted by atomic mass is 127. The maximum atomic E-state index is 12.6. The zero-order valence-electron chi connectivity index (χ0n) is 15.1. The van der Waals surface area contributed by atoms with Gasteiger partial charge in [0.25, 0.3) is 0 Å². The summed E-state index contributed by atoms with van der Waals surface area (Å²) in [6.45, 7) is 3.54. The SMILES string of the molecule is CC(=Nc1ccc(C#N)c(I)c1)C(COc1ccc(C(F)(F)F)cc1)=C(C)N. The summed E-state index contributed by atoms with van der Waals surface area (Å²) in [7, 11) is 0. The number of rotatable bonds is 5. The van der Waals surface area contributed by atoms with E-state index in [1.165, 1.54) is 12.1 Å². The number of alkyl halides is 3. The fourth-order valence-electron chi connectivity index (χ4n) is 2.32. The van der Waals surface area contributed by atoms with Gasteiger partial charge in [0.2, 0.25) is 0 Å². The monoisotopic (exact) mass is 499 g/mol. The molecular weight excluding hydrogens is 482 g/mol. The Hall–Kier alpha value is -2.54. The number of nitrogens with two attached hydrogens (primary N) is 1. The standard InChI is InChI=1S/C20H17F3IN3O/c1-12(26)18(11-28-17-7-4-15(5-8-17)20(21,22)23)13(2)27-16-6-3-14(10-25)19(24)9-16/h3-9H,11,26H2,1-2H3. The molecule has 2 rings (SSSR count). The van der Waals surface area contributed by atoms with Gasteiger partial charge in [0.1, 0.15) is 18.4 Å². The first-order valence-corrected chi connectivity index (χ1v) is 9.20. The Morgan fingerprint density at radius 3 is 2.32 bits per heavy atom. The van der Waals surface area contributed by atoms with Crippen LogP contribution in [0.25, 0.3) is 0 Å². The first-order chi connectivity index (χ1) is 13.1. The molecule has 2 aromatic carbocycles. The molecule has 0 saturated carbocycles. The van der Waals surface area contributed by atoms with Gasteiger partial charge in [-0.3, -0.25) is 4.99 Å². The minimum atomic E-state index is -4.39. The van der Waals surface area contributed by atoms with E-state index in [1.807, 2.05) is 0 Å². The summed E-state index contributed by atoms with van der Waals surface area (Å²) in [5.41, 5.74) is 8.18. The molecule has 0 heterocycles. The van der Waals surface area contributed by atoms with Crippen LogP contribution in [0.2, 0.25) is 0 Å². The first kappa shape index (κ1) is 21.8. The fraction of sp³-hybridized carbons (Fsp3) is 0.200. The summed E-state index contributed by atoms with van der Waals surface area (Å²) < 4.78 is 44.3. The summed E-state index contributed by atoms with van der Waals surface area (Å²) >= 11 is 2.06. The second-order valence-electron chi connectivity index (χ2n) is 5.95. The molecule has 2 N–H and O–H groups in total. The number of benzene rings is 2. The van der Waals surface area contributed by atoms with Crippen LogP contribution in [0, 0.1) is 14.9 Å². The Kier molecular flexibility index (Phi) is 7.07. The minimum Gasteiger partial charge on any atom is -0.489 e. The van der Waals surface area contributed by atoms with Crippen LogP contribution in [0.15, 0.2) is 58.7 Å². The van der Waals surface area contributed by atoms with Crippen molar-refractivity contribution in [2.24, 2.45) is 10.7 Å². The second-order valence-corrected chi connectivity index (χ2v) is 7.11. The molecule has 2 aromatic rings. The molecule has 28 heavy (non-hydrogen) atoms. The van der Waals surface area contributed by atoms with Crippen LogP contribution in [-0.2, 0) is 6.18 Å². The molecule has 0 bridgehead atoms. The molecule has 0 amide bonds. The predicted molar refractivity (Wildman–Crippen MR) is 110 cm³/mol. The van der Waals surface area contributed by atoms with Crippen LogP contribution < -0.4 is 10.5 Å². The molecule has 0 aliphatic heterocycles. The van der Waals surface area contributed by atoms with Crippen molar-refractivity contribution >= 4 is 34.0 Å². The van der Waals surface area contributed by atoms with E-state index in [2.05, 4.69) is 33.7 Å². The van der Waals surface area contributed by atoms with Crippen LogP contribution in [-0.4, -0.2) is 12.3 Å². The lowest BCUT2D eigenvalue weighted by atomic mass is 10.1. The van der Waals surface area contributed by atoms with Crippen LogP contribution in [0.3, 0.4) is 0 Å². The Morgan fingerprint density at radius 2 is 1.82 bits per heavy atom. The van der Waals surface area contributed by atoms with E-state index in [4.69, 9.17) is 15.7 Å². The van der Waals surface area contributed by atoms with Crippen molar-refractivity contribution in [3.05, 3.63) is 68.4 Å². The number of nitriles is 1. The highest BCUT2D eigenvalue weighted by Gasteiger charge is 2.30. The van der Waals surface area contributed by atoms with Crippen LogP contribution >= 0.6 is 22.6 Å². The summed E-state index contributed by atoms with van der Waals surface area (Å²) in [6, 6.07) is 11.7. The second kappa shape index (κ2) is 9.10. The lowest BCUT2D eigenvalue weighted by Gasteiger charge is -2.13. The molecule has 0 fully saturated rings. The van der Waals surface area contributed by atoms with Gasteiger partial charge in [-0.05, 0) is 78.9 Å². The smallest absolute Gasteiger partial charge is 0.416 e. The van der Waals surface area contributed by atoms with Crippen molar-refractivity contribution in [2.45, 2.75) is 20.0 Å². The van der Waals surface area contributed by atoms with Gasteiger partial charge in [-0.25, -0.2) is 0 Å². The van der Waals surface area contributed by atoms with Gasteiger partial charge in [-0.15, -0.1) is 0 Å². The summed E-state index contributed by atoms with van der Waals surface area (Å²) in [5.74, 6) is 0.299. The zero-order valence-corrected chi connectivity index (χ0v) is 17.3. The highest BCUT2D eigenvalue weighted by Crippen LogP contribution is 2.30. The van der Waals surface area contributed by atoms with Gasteiger partial charge in [-0.1, -0.05) is 0 Å². The number of hydrogen-bond donors (Lipinski definition) is 1. The van der Waals surface area contributed by atoms with Gasteiger partial charge in [0.05, 0.1) is 16.8 Å². The first-order valence-electron chi connectivity index (χ1n) is 8.12. The maximum Gasteiger partial charge on any atom is 0.416 e. The van der Waals surface area contributed by atoms with Gasteiger partial charge in [0, 0.05) is 20.6 Å². The molecule has 0 saturated heterocycles.